The van der Waals surface area contributed by atoms with Crippen LogP contribution in [-0.2, 0) is 17.1 Å². The lowest BCUT2D eigenvalue weighted by Gasteiger charge is -2.26. The summed E-state index contributed by atoms with van der Waals surface area (Å²) in [5, 5.41) is 3.43. The smallest absolute Gasteiger partial charge is 0.261 e. The van der Waals surface area contributed by atoms with E-state index in [1.54, 1.807) is 31.8 Å². The number of sulfonamides is 1. The Balaban J connectivity index is 2.10. The number of aryl methyl sites for hydroxylation is 2. The molecule has 0 amide bonds. The Morgan fingerprint density at radius 1 is 1.47 bits per heavy atom. The maximum atomic E-state index is 12.4. The van der Waals surface area contributed by atoms with Crippen molar-refractivity contribution >= 4 is 10.0 Å². The Bertz CT molecular complexity index is 512. The van der Waals surface area contributed by atoms with Crippen molar-refractivity contribution in [3.8, 4) is 0 Å². The van der Waals surface area contributed by atoms with Crippen molar-refractivity contribution in [2.75, 3.05) is 26.7 Å². The number of rotatable bonds is 4. The molecule has 1 aromatic heterocycles. The van der Waals surface area contributed by atoms with Crippen LogP contribution in [0, 0.1) is 12.8 Å². The van der Waals surface area contributed by atoms with Gasteiger partial charge >= 0.3 is 0 Å². The predicted molar refractivity (Wildman–Crippen MR) is 73.4 cm³/mol. The summed E-state index contributed by atoms with van der Waals surface area (Å²) >= 11 is 0. The van der Waals surface area contributed by atoms with Crippen LogP contribution in [0.2, 0.25) is 0 Å². The lowest BCUT2D eigenvalue weighted by Crippen LogP contribution is -2.37. The average molecular weight is 286 g/mol. The van der Waals surface area contributed by atoms with Crippen LogP contribution in [0.25, 0.3) is 0 Å². The fraction of sp³-hybridized carbons (Fsp3) is 0.750. The van der Waals surface area contributed by atoms with E-state index in [0.717, 1.165) is 25.9 Å². The Morgan fingerprint density at radius 3 is 2.63 bits per heavy atom. The first kappa shape index (κ1) is 14.5. The van der Waals surface area contributed by atoms with Gasteiger partial charge in [-0.2, -0.15) is 4.31 Å². The highest BCUT2D eigenvalue weighted by molar-refractivity contribution is 7.89. The summed E-state index contributed by atoms with van der Waals surface area (Å²) in [4.78, 5) is 4.12. The molecule has 0 bridgehead atoms. The molecule has 0 saturated carbocycles. The van der Waals surface area contributed by atoms with E-state index in [1.165, 1.54) is 4.31 Å². The van der Waals surface area contributed by atoms with E-state index in [-0.39, 0.29) is 5.03 Å². The molecule has 108 valence electrons. The standard InChI is InChI=1S/C12H22N4O2S/c1-10-14-12(9-15(10)2)19(17,18)16(3)8-11-4-6-13-7-5-11/h9,11,13H,4-8H2,1-3H3. The van der Waals surface area contributed by atoms with Crippen molar-refractivity contribution in [1.82, 2.24) is 19.2 Å². The summed E-state index contributed by atoms with van der Waals surface area (Å²) in [7, 11) is -0.0190. The molecule has 2 rings (SSSR count). The largest absolute Gasteiger partial charge is 0.337 e. The molecule has 1 fully saturated rings. The normalized spacial score (nSPS) is 18.1. The van der Waals surface area contributed by atoms with Crippen LogP contribution in [0.15, 0.2) is 11.2 Å². The monoisotopic (exact) mass is 286 g/mol. The second kappa shape index (κ2) is 5.60. The number of nitrogens with one attached hydrogen (secondary N) is 1. The fourth-order valence-electron chi connectivity index (χ4n) is 2.34. The van der Waals surface area contributed by atoms with E-state index in [4.69, 9.17) is 0 Å². The third kappa shape index (κ3) is 3.16. The van der Waals surface area contributed by atoms with Gasteiger partial charge < -0.3 is 9.88 Å². The van der Waals surface area contributed by atoms with Crippen molar-refractivity contribution in [3.63, 3.8) is 0 Å². The third-order valence-corrected chi connectivity index (χ3v) is 5.43. The molecule has 1 aliphatic heterocycles. The van der Waals surface area contributed by atoms with Crippen molar-refractivity contribution in [1.29, 1.82) is 0 Å². The molecule has 1 aliphatic rings. The van der Waals surface area contributed by atoms with E-state index in [2.05, 4.69) is 10.3 Å². The zero-order valence-corrected chi connectivity index (χ0v) is 12.6. The van der Waals surface area contributed by atoms with Crippen LogP contribution in [0.5, 0.6) is 0 Å². The Kier molecular flexibility index (Phi) is 4.27. The minimum atomic E-state index is -3.46. The van der Waals surface area contributed by atoms with E-state index < -0.39 is 10.0 Å². The van der Waals surface area contributed by atoms with Crippen molar-refractivity contribution in [2.45, 2.75) is 24.8 Å². The van der Waals surface area contributed by atoms with Crippen LogP contribution in [0.1, 0.15) is 18.7 Å². The zero-order valence-electron chi connectivity index (χ0n) is 11.8. The summed E-state index contributed by atoms with van der Waals surface area (Å²) in [6.45, 7) is 4.31. The zero-order chi connectivity index (χ0) is 14.0. The number of hydrogen-bond acceptors (Lipinski definition) is 4. The topological polar surface area (TPSA) is 67.2 Å². The quantitative estimate of drug-likeness (QED) is 0.867. The number of imidazole rings is 1. The van der Waals surface area contributed by atoms with Crippen molar-refractivity contribution in [3.05, 3.63) is 12.0 Å². The van der Waals surface area contributed by atoms with Crippen molar-refractivity contribution in [2.24, 2.45) is 13.0 Å². The van der Waals surface area contributed by atoms with Crippen LogP contribution in [-0.4, -0.2) is 49.0 Å². The highest BCUT2D eigenvalue weighted by atomic mass is 32.2. The predicted octanol–water partition coefficient (Wildman–Crippen LogP) is 0.349. The van der Waals surface area contributed by atoms with Gasteiger partial charge in [0.1, 0.15) is 5.82 Å². The first-order valence-electron chi connectivity index (χ1n) is 6.58. The Hall–Kier alpha value is -0.920. The molecule has 1 aromatic rings. The molecule has 1 saturated heterocycles. The van der Waals surface area contributed by atoms with Gasteiger partial charge in [0.15, 0.2) is 5.03 Å². The van der Waals surface area contributed by atoms with Crippen LogP contribution < -0.4 is 5.32 Å². The SMILES string of the molecule is Cc1nc(S(=O)(=O)N(C)CC2CCNCC2)cn1C. The number of aromatic nitrogens is 2. The molecule has 0 aliphatic carbocycles. The van der Waals surface area contributed by atoms with Gasteiger partial charge in [-0.3, -0.25) is 0 Å². The summed E-state index contributed by atoms with van der Waals surface area (Å²) in [5.41, 5.74) is 0. The first-order valence-corrected chi connectivity index (χ1v) is 8.02. The van der Waals surface area contributed by atoms with E-state index in [1.807, 2.05) is 0 Å². The lowest BCUT2D eigenvalue weighted by atomic mass is 9.98. The average Bonchev–Trinajstić information content (AvgIpc) is 2.71. The van der Waals surface area contributed by atoms with E-state index in [9.17, 15) is 8.42 Å². The van der Waals surface area contributed by atoms with Gasteiger partial charge in [0.2, 0.25) is 0 Å². The highest BCUT2D eigenvalue weighted by Crippen LogP contribution is 2.18. The van der Waals surface area contributed by atoms with E-state index in [0.29, 0.717) is 18.3 Å². The summed E-state index contributed by atoms with van der Waals surface area (Å²) in [6.07, 6.45) is 3.63. The molecule has 7 heteroatoms. The molecule has 0 atom stereocenters. The van der Waals surface area contributed by atoms with Crippen LogP contribution >= 0.6 is 0 Å². The Labute approximate surface area is 114 Å². The van der Waals surface area contributed by atoms with Gasteiger partial charge in [-0.05, 0) is 38.8 Å². The molecular formula is C12H22N4O2S. The maximum absolute atomic E-state index is 12.4. The van der Waals surface area contributed by atoms with Gasteiger partial charge in [0.05, 0.1) is 0 Å². The minimum Gasteiger partial charge on any atom is -0.337 e. The van der Waals surface area contributed by atoms with Crippen molar-refractivity contribution < 1.29 is 8.42 Å². The summed E-state index contributed by atoms with van der Waals surface area (Å²) in [6, 6.07) is 0. The first-order chi connectivity index (χ1) is 8.91. The summed E-state index contributed by atoms with van der Waals surface area (Å²) < 4.78 is 28.0. The van der Waals surface area contributed by atoms with E-state index >= 15 is 0 Å². The second-order valence-corrected chi connectivity index (χ2v) is 7.21. The van der Waals surface area contributed by atoms with Gasteiger partial charge in [-0.25, -0.2) is 13.4 Å². The number of nitrogens with zero attached hydrogens (tertiary/aromatic N) is 3. The minimum absolute atomic E-state index is 0.143. The van der Waals surface area contributed by atoms with Gasteiger partial charge in [0.25, 0.3) is 10.0 Å². The fourth-order valence-corrected chi connectivity index (χ4v) is 3.60. The molecule has 19 heavy (non-hydrogen) atoms. The lowest BCUT2D eigenvalue weighted by molar-refractivity contribution is 0.310. The molecule has 0 aromatic carbocycles. The highest BCUT2D eigenvalue weighted by Gasteiger charge is 2.27. The molecule has 0 spiro atoms. The van der Waals surface area contributed by atoms with Crippen LogP contribution in [0.4, 0.5) is 0 Å². The molecule has 1 N–H and O–H groups in total. The number of hydrogen-bond donors (Lipinski definition) is 1. The van der Waals surface area contributed by atoms with Gasteiger partial charge in [0, 0.05) is 26.8 Å². The Morgan fingerprint density at radius 2 is 2.11 bits per heavy atom. The van der Waals surface area contributed by atoms with Crippen LogP contribution in [0.3, 0.4) is 0 Å². The number of piperidine rings is 1. The molecule has 6 nitrogen and oxygen atoms in total. The maximum Gasteiger partial charge on any atom is 0.261 e. The molecule has 2 heterocycles. The summed E-state index contributed by atoms with van der Waals surface area (Å²) in [5.74, 6) is 1.14. The molecular weight excluding hydrogens is 264 g/mol. The third-order valence-electron chi connectivity index (χ3n) is 3.74. The van der Waals surface area contributed by atoms with Gasteiger partial charge in [-0.1, -0.05) is 0 Å². The molecule has 0 radical (unpaired) electrons. The molecule has 0 unspecified atom stereocenters. The second-order valence-electron chi connectivity index (χ2n) is 5.22. The van der Waals surface area contributed by atoms with Gasteiger partial charge in [-0.15, -0.1) is 0 Å².